The number of pyridine rings is 1. The maximum atomic E-state index is 13.3. The van der Waals surface area contributed by atoms with Crippen LogP contribution in [0.4, 0.5) is 5.82 Å². The third-order valence-corrected chi connectivity index (χ3v) is 8.27. The van der Waals surface area contributed by atoms with Crippen molar-refractivity contribution in [3.05, 3.63) is 54.2 Å². The minimum atomic E-state index is -3.78. The summed E-state index contributed by atoms with van der Waals surface area (Å²) in [5, 5.41) is 13.2. The van der Waals surface area contributed by atoms with Gasteiger partial charge in [-0.1, -0.05) is 12.1 Å². The van der Waals surface area contributed by atoms with Gasteiger partial charge in [-0.2, -0.15) is 4.31 Å². The summed E-state index contributed by atoms with van der Waals surface area (Å²) in [4.78, 5) is 16.6. The fraction of sp³-hybridized carbons (Fsp3) is 0.400. The van der Waals surface area contributed by atoms with Crippen LogP contribution in [0.3, 0.4) is 0 Å². The molecule has 1 aromatic heterocycles. The number of amides is 1. The lowest BCUT2D eigenvalue weighted by Crippen LogP contribution is -2.43. The molecule has 146 valence electrons. The molecule has 7 nitrogen and oxygen atoms in total. The SMILES string of the molecule is O=C(Nc1ccccn1)c1cccc(S(=O)(=O)N2C[C@@H]3C[C@H]4C[C@H]3[C@@H]2[C@@H]4O)c1. The zero-order chi connectivity index (χ0) is 19.5. The van der Waals surface area contributed by atoms with Gasteiger partial charge in [-0.15, -0.1) is 0 Å². The predicted molar refractivity (Wildman–Crippen MR) is 102 cm³/mol. The van der Waals surface area contributed by atoms with E-state index in [-0.39, 0.29) is 28.3 Å². The average molecular weight is 399 g/mol. The van der Waals surface area contributed by atoms with Crippen LogP contribution in [0.1, 0.15) is 23.2 Å². The molecule has 28 heavy (non-hydrogen) atoms. The van der Waals surface area contributed by atoms with Crippen molar-refractivity contribution >= 4 is 21.7 Å². The van der Waals surface area contributed by atoms with Crippen LogP contribution in [-0.2, 0) is 10.0 Å². The van der Waals surface area contributed by atoms with Gasteiger partial charge in [0.1, 0.15) is 5.82 Å². The molecule has 3 fully saturated rings. The Bertz CT molecular complexity index is 1020. The number of hydrogen-bond acceptors (Lipinski definition) is 5. The number of fused-ring (bicyclic) bond motifs is 1. The predicted octanol–water partition coefficient (Wildman–Crippen LogP) is 1.72. The number of carbonyl (C=O) groups excluding carboxylic acids is 1. The molecule has 3 aliphatic rings. The maximum absolute atomic E-state index is 13.3. The molecule has 1 saturated heterocycles. The third kappa shape index (κ3) is 2.67. The van der Waals surface area contributed by atoms with Crippen molar-refractivity contribution < 1.29 is 18.3 Å². The molecule has 5 rings (SSSR count). The molecule has 2 aromatic rings. The van der Waals surface area contributed by atoms with E-state index in [0.29, 0.717) is 18.3 Å². The maximum Gasteiger partial charge on any atom is 0.256 e. The molecular formula is C20H21N3O4S. The Kier molecular flexibility index (Phi) is 4.04. The largest absolute Gasteiger partial charge is 0.391 e. The number of benzene rings is 1. The van der Waals surface area contributed by atoms with Gasteiger partial charge in [-0.05, 0) is 60.9 Å². The van der Waals surface area contributed by atoms with Crippen molar-refractivity contribution in [2.75, 3.05) is 11.9 Å². The van der Waals surface area contributed by atoms with Gasteiger partial charge >= 0.3 is 0 Å². The van der Waals surface area contributed by atoms with Gasteiger partial charge in [0.15, 0.2) is 0 Å². The van der Waals surface area contributed by atoms with Gasteiger partial charge in [-0.25, -0.2) is 13.4 Å². The van der Waals surface area contributed by atoms with Crippen molar-refractivity contribution in [2.24, 2.45) is 17.8 Å². The Balaban J connectivity index is 1.42. The Morgan fingerprint density at radius 1 is 1.14 bits per heavy atom. The molecule has 1 amide bonds. The summed E-state index contributed by atoms with van der Waals surface area (Å²) in [6.45, 7) is 0.454. The molecule has 2 heterocycles. The van der Waals surface area contributed by atoms with Gasteiger partial charge in [0.05, 0.1) is 17.0 Å². The molecule has 2 bridgehead atoms. The molecule has 1 aliphatic heterocycles. The van der Waals surface area contributed by atoms with Crippen LogP contribution in [-0.4, -0.2) is 47.4 Å². The van der Waals surface area contributed by atoms with E-state index in [2.05, 4.69) is 10.3 Å². The quantitative estimate of drug-likeness (QED) is 0.816. The minimum absolute atomic E-state index is 0.0816. The van der Waals surface area contributed by atoms with Crippen molar-refractivity contribution in [3.63, 3.8) is 0 Å². The van der Waals surface area contributed by atoms with Crippen LogP contribution < -0.4 is 5.32 Å². The molecule has 2 saturated carbocycles. The fourth-order valence-corrected chi connectivity index (χ4v) is 6.98. The summed E-state index contributed by atoms with van der Waals surface area (Å²) in [5.74, 6) is 0.792. The first-order chi connectivity index (χ1) is 13.4. The summed E-state index contributed by atoms with van der Waals surface area (Å²) < 4.78 is 28.0. The van der Waals surface area contributed by atoms with Crippen molar-refractivity contribution in [2.45, 2.75) is 29.9 Å². The summed E-state index contributed by atoms with van der Waals surface area (Å²) in [6, 6.07) is 10.9. The second kappa shape index (κ2) is 6.37. The normalized spacial score (nSPS) is 31.2. The van der Waals surface area contributed by atoms with Gasteiger partial charge < -0.3 is 10.4 Å². The molecule has 1 aromatic carbocycles. The van der Waals surface area contributed by atoms with Crippen LogP contribution in [0.25, 0.3) is 0 Å². The monoisotopic (exact) mass is 399 g/mol. The molecule has 0 radical (unpaired) electrons. The lowest BCUT2D eigenvalue weighted by Gasteiger charge is -2.28. The van der Waals surface area contributed by atoms with Gasteiger partial charge in [0.25, 0.3) is 5.91 Å². The van der Waals surface area contributed by atoms with E-state index in [1.165, 1.54) is 16.4 Å². The number of anilines is 1. The lowest BCUT2D eigenvalue weighted by atomic mass is 9.88. The summed E-state index contributed by atoms with van der Waals surface area (Å²) in [7, 11) is -3.78. The molecular weight excluding hydrogens is 378 g/mol. The lowest BCUT2D eigenvalue weighted by molar-refractivity contribution is 0.0731. The van der Waals surface area contributed by atoms with E-state index in [0.717, 1.165) is 12.8 Å². The van der Waals surface area contributed by atoms with Crippen LogP contribution in [0.2, 0.25) is 0 Å². The Labute approximate surface area is 163 Å². The van der Waals surface area contributed by atoms with Crippen LogP contribution in [0.5, 0.6) is 0 Å². The molecule has 2 N–H and O–H groups in total. The number of nitrogens with zero attached hydrogens (tertiary/aromatic N) is 2. The number of carbonyl (C=O) groups is 1. The molecule has 5 atom stereocenters. The Morgan fingerprint density at radius 3 is 2.75 bits per heavy atom. The minimum Gasteiger partial charge on any atom is -0.391 e. The number of nitrogens with one attached hydrogen (secondary N) is 1. The van der Waals surface area contributed by atoms with Crippen LogP contribution >= 0.6 is 0 Å². The highest BCUT2D eigenvalue weighted by molar-refractivity contribution is 7.89. The molecule has 8 heteroatoms. The van der Waals surface area contributed by atoms with Gasteiger partial charge in [0.2, 0.25) is 10.0 Å². The summed E-state index contributed by atoms with van der Waals surface area (Å²) in [6.07, 6.45) is 2.79. The Hall–Kier alpha value is -2.29. The van der Waals surface area contributed by atoms with Crippen LogP contribution in [0, 0.1) is 17.8 Å². The smallest absolute Gasteiger partial charge is 0.256 e. The van der Waals surface area contributed by atoms with E-state index >= 15 is 0 Å². The number of aromatic nitrogens is 1. The Morgan fingerprint density at radius 2 is 2.00 bits per heavy atom. The highest BCUT2D eigenvalue weighted by atomic mass is 32.2. The first-order valence-corrected chi connectivity index (χ1v) is 10.9. The highest BCUT2D eigenvalue weighted by Gasteiger charge is 2.61. The topological polar surface area (TPSA) is 99.6 Å². The number of rotatable bonds is 4. The zero-order valence-corrected chi connectivity index (χ0v) is 15.9. The van der Waals surface area contributed by atoms with Crippen molar-refractivity contribution in [3.8, 4) is 0 Å². The first kappa shape index (κ1) is 17.8. The number of aliphatic hydroxyl groups excluding tert-OH is 1. The van der Waals surface area contributed by atoms with E-state index in [9.17, 15) is 18.3 Å². The summed E-state index contributed by atoms with van der Waals surface area (Å²) in [5.41, 5.74) is 0.249. The second-order valence-electron chi connectivity index (χ2n) is 7.91. The molecule has 0 spiro atoms. The van der Waals surface area contributed by atoms with Crippen LogP contribution in [0.15, 0.2) is 53.6 Å². The number of hydrogen-bond donors (Lipinski definition) is 2. The number of sulfonamides is 1. The van der Waals surface area contributed by atoms with E-state index in [4.69, 9.17) is 0 Å². The molecule has 2 aliphatic carbocycles. The fourth-order valence-electron chi connectivity index (χ4n) is 5.19. The zero-order valence-electron chi connectivity index (χ0n) is 15.1. The number of aliphatic hydroxyl groups is 1. The van der Waals surface area contributed by atoms with E-state index in [1.54, 1.807) is 36.5 Å². The average Bonchev–Trinajstić information content (AvgIpc) is 3.32. The molecule has 0 unspecified atom stereocenters. The van der Waals surface area contributed by atoms with E-state index < -0.39 is 22.0 Å². The van der Waals surface area contributed by atoms with Gasteiger partial charge in [0, 0.05) is 18.3 Å². The standard InChI is InChI=1S/C20H21N3O4S/c24-19-13-8-14-11-23(18(19)16(14)10-13)28(26,27)15-5-3-4-12(9-15)20(25)22-17-6-1-2-7-21-17/h1-7,9,13-14,16,18-19,24H,8,10-11H2,(H,21,22,25)/t13-,14-,16+,18+,19+/m0/s1. The highest BCUT2D eigenvalue weighted by Crippen LogP contribution is 2.56. The third-order valence-electron chi connectivity index (χ3n) is 6.41. The second-order valence-corrected chi connectivity index (χ2v) is 9.80. The van der Waals surface area contributed by atoms with Crippen molar-refractivity contribution in [1.82, 2.24) is 9.29 Å². The van der Waals surface area contributed by atoms with Crippen molar-refractivity contribution in [1.29, 1.82) is 0 Å². The summed E-state index contributed by atoms with van der Waals surface area (Å²) >= 11 is 0. The van der Waals surface area contributed by atoms with E-state index in [1.807, 2.05) is 0 Å². The van der Waals surface area contributed by atoms with Gasteiger partial charge in [-0.3, -0.25) is 4.79 Å². The first-order valence-electron chi connectivity index (χ1n) is 9.47.